The van der Waals surface area contributed by atoms with Crippen LogP contribution in [0.25, 0.3) is 0 Å². The van der Waals surface area contributed by atoms with Gasteiger partial charge in [0.2, 0.25) is 0 Å². The lowest BCUT2D eigenvalue weighted by Gasteiger charge is -2.52. The maximum atomic E-state index is 11.5. The van der Waals surface area contributed by atoms with Crippen molar-refractivity contribution < 1.29 is 5.11 Å². The van der Waals surface area contributed by atoms with Crippen molar-refractivity contribution in [2.24, 2.45) is 11.8 Å². The fraction of sp³-hybridized carbons (Fsp3) is 0.455. The molecular weight excluding hydrogens is 365 g/mol. The molecule has 1 heterocycles. The molecule has 0 amide bonds. The van der Waals surface area contributed by atoms with Gasteiger partial charge in [-0.05, 0) is 48.7 Å². The van der Waals surface area contributed by atoms with Crippen molar-refractivity contribution in [3.8, 4) is 0 Å². The van der Waals surface area contributed by atoms with Crippen molar-refractivity contribution in [3.05, 3.63) is 69.7 Å². The third-order valence-electron chi connectivity index (χ3n) is 5.99. The lowest BCUT2D eigenvalue weighted by Crippen LogP contribution is -2.56. The van der Waals surface area contributed by atoms with Gasteiger partial charge >= 0.3 is 0 Å². The predicted molar refractivity (Wildman–Crippen MR) is 110 cm³/mol. The summed E-state index contributed by atoms with van der Waals surface area (Å²) in [6.07, 6.45) is 2.00. The molecule has 2 aromatic carbocycles. The van der Waals surface area contributed by atoms with Crippen LogP contribution in [0.1, 0.15) is 56.8 Å². The SMILES string of the molecule is CCC[C@@H]1[C@H](c2ccc(Cl)cc2)N[C@H](c2ccc(Cl)cc2)[C@H](C)[C@]1(C)O. The van der Waals surface area contributed by atoms with Crippen molar-refractivity contribution in [2.45, 2.75) is 51.3 Å². The largest absolute Gasteiger partial charge is 0.389 e. The Morgan fingerprint density at radius 3 is 1.85 bits per heavy atom. The summed E-state index contributed by atoms with van der Waals surface area (Å²) in [7, 11) is 0. The number of aliphatic hydroxyl groups is 1. The molecule has 1 aliphatic heterocycles. The normalized spacial score (nSPS) is 31.8. The van der Waals surface area contributed by atoms with Crippen molar-refractivity contribution in [1.82, 2.24) is 5.32 Å². The average molecular weight is 392 g/mol. The van der Waals surface area contributed by atoms with Crippen molar-refractivity contribution in [1.29, 1.82) is 0 Å². The molecule has 1 saturated heterocycles. The molecule has 0 spiro atoms. The van der Waals surface area contributed by atoms with Crippen LogP contribution in [0.3, 0.4) is 0 Å². The lowest BCUT2D eigenvalue weighted by molar-refractivity contribution is -0.105. The first kappa shape index (κ1) is 19.7. The van der Waals surface area contributed by atoms with Gasteiger partial charge in [0.25, 0.3) is 0 Å². The maximum absolute atomic E-state index is 11.5. The van der Waals surface area contributed by atoms with Crippen LogP contribution in [0.2, 0.25) is 10.0 Å². The number of rotatable bonds is 4. The highest BCUT2D eigenvalue weighted by atomic mass is 35.5. The number of piperidine rings is 1. The van der Waals surface area contributed by atoms with Gasteiger partial charge in [0.05, 0.1) is 5.60 Å². The summed E-state index contributed by atoms with van der Waals surface area (Å²) in [4.78, 5) is 0. The van der Waals surface area contributed by atoms with E-state index in [0.29, 0.717) is 0 Å². The molecule has 0 saturated carbocycles. The van der Waals surface area contributed by atoms with Crippen LogP contribution in [0.5, 0.6) is 0 Å². The summed E-state index contributed by atoms with van der Waals surface area (Å²) in [6.45, 7) is 6.29. The molecular formula is C22H27Cl2NO. The van der Waals surface area contributed by atoms with E-state index in [1.807, 2.05) is 43.3 Å². The van der Waals surface area contributed by atoms with Gasteiger partial charge in [0.15, 0.2) is 0 Å². The van der Waals surface area contributed by atoms with E-state index in [-0.39, 0.29) is 23.9 Å². The molecule has 1 fully saturated rings. The molecule has 140 valence electrons. The molecule has 0 radical (unpaired) electrons. The highest BCUT2D eigenvalue weighted by Crippen LogP contribution is 2.48. The third-order valence-corrected chi connectivity index (χ3v) is 6.50. The molecule has 2 N–H and O–H groups in total. The molecule has 0 bridgehead atoms. The van der Waals surface area contributed by atoms with E-state index in [9.17, 15) is 5.11 Å². The second kappa shape index (κ2) is 7.90. The number of hydrogen-bond donors (Lipinski definition) is 2. The van der Waals surface area contributed by atoms with Crippen molar-refractivity contribution in [2.75, 3.05) is 0 Å². The molecule has 3 rings (SSSR count). The number of hydrogen-bond acceptors (Lipinski definition) is 2. The number of nitrogens with one attached hydrogen (secondary N) is 1. The zero-order chi connectivity index (χ0) is 18.9. The molecule has 0 aliphatic carbocycles. The van der Waals surface area contributed by atoms with E-state index in [2.05, 4.69) is 31.3 Å². The quantitative estimate of drug-likeness (QED) is 0.651. The summed E-state index contributed by atoms with van der Waals surface area (Å²) in [5, 5.41) is 16.8. The molecule has 26 heavy (non-hydrogen) atoms. The molecule has 2 nitrogen and oxygen atoms in total. The zero-order valence-corrected chi connectivity index (χ0v) is 17.1. The van der Waals surface area contributed by atoms with E-state index in [1.54, 1.807) is 0 Å². The van der Waals surface area contributed by atoms with E-state index in [0.717, 1.165) is 28.5 Å². The van der Waals surface area contributed by atoms with E-state index < -0.39 is 5.60 Å². The first-order chi connectivity index (χ1) is 12.3. The topological polar surface area (TPSA) is 32.3 Å². The first-order valence-corrected chi connectivity index (χ1v) is 10.1. The third kappa shape index (κ3) is 3.80. The van der Waals surface area contributed by atoms with E-state index >= 15 is 0 Å². The van der Waals surface area contributed by atoms with Crippen LogP contribution in [0, 0.1) is 11.8 Å². The van der Waals surface area contributed by atoms with Crippen LogP contribution < -0.4 is 5.32 Å². The zero-order valence-electron chi connectivity index (χ0n) is 15.5. The Bertz CT molecular complexity index is 727. The smallest absolute Gasteiger partial charge is 0.0709 e. The average Bonchev–Trinajstić information content (AvgIpc) is 2.62. The molecule has 2 aromatic rings. The maximum Gasteiger partial charge on any atom is 0.0709 e. The summed E-state index contributed by atoms with van der Waals surface area (Å²) >= 11 is 12.1. The number of benzene rings is 2. The monoisotopic (exact) mass is 391 g/mol. The van der Waals surface area contributed by atoms with Crippen LogP contribution in [-0.2, 0) is 0 Å². The molecule has 5 atom stereocenters. The predicted octanol–water partition coefficient (Wildman–Crippen LogP) is 6.18. The Morgan fingerprint density at radius 1 is 0.923 bits per heavy atom. The van der Waals surface area contributed by atoms with Crippen LogP contribution >= 0.6 is 23.2 Å². The Morgan fingerprint density at radius 2 is 1.38 bits per heavy atom. The van der Waals surface area contributed by atoms with Gasteiger partial charge < -0.3 is 10.4 Å². The minimum Gasteiger partial charge on any atom is -0.389 e. The minimum atomic E-state index is -0.782. The van der Waals surface area contributed by atoms with E-state index in [4.69, 9.17) is 23.2 Å². The summed E-state index contributed by atoms with van der Waals surface area (Å²) in [5.41, 5.74) is 1.53. The Hall–Kier alpha value is -1.06. The Labute approximate surface area is 166 Å². The molecule has 0 unspecified atom stereocenters. The molecule has 1 aliphatic rings. The Kier molecular flexibility index (Phi) is 5.98. The highest BCUT2D eigenvalue weighted by molar-refractivity contribution is 6.30. The van der Waals surface area contributed by atoms with Crippen LogP contribution in [0.15, 0.2) is 48.5 Å². The van der Waals surface area contributed by atoms with Crippen molar-refractivity contribution >= 4 is 23.2 Å². The first-order valence-electron chi connectivity index (χ1n) is 9.34. The lowest BCUT2D eigenvalue weighted by atomic mass is 9.65. The standard InChI is InChI=1S/C22H27Cl2NO/c1-4-5-19-21(16-8-12-18(24)13-9-16)25-20(14(2)22(19,3)26)15-6-10-17(23)11-7-15/h6-14,19-21,25-26H,4-5H2,1-3H3/t14-,19+,20-,21-,22-/m0/s1. The van der Waals surface area contributed by atoms with Crippen LogP contribution in [-0.4, -0.2) is 10.7 Å². The second-order valence-corrected chi connectivity index (χ2v) is 8.51. The Balaban J connectivity index is 2.01. The van der Waals surface area contributed by atoms with Gasteiger partial charge in [-0.3, -0.25) is 0 Å². The van der Waals surface area contributed by atoms with Crippen LogP contribution in [0.4, 0.5) is 0 Å². The molecule has 0 aromatic heterocycles. The fourth-order valence-corrected chi connectivity index (χ4v) is 4.54. The van der Waals surface area contributed by atoms with Gasteiger partial charge in [-0.15, -0.1) is 0 Å². The minimum absolute atomic E-state index is 0.0519. The van der Waals surface area contributed by atoms with Gasteiger partial charge in [0, 0.05) is 34.0 Å². The fourth-order valence-electron chi connectivity index (χ4n) is 4.29. The molecule has 4 heteroatoms. The van der Waals surface area contributed by atoms with Gasteiger partial charge in [0.1, 0.15) is 0 Å². The van der Waals surface area contributed by atoms with Gasteiger partial charge in [-0.1, -0.05) is 67.7 Å². The number of halogens is 2. The summed E-state index contributed by atoms with van der Waals surface area (Å²) in [6, 6.07) is 16.0. The van der Waals surface area contributed by atoms with Gasteiger partial charge in [-0.25, -0.2) is 0 Å². The van der Waals surface area contributed by atoms with Gasteiger partial charge in [-0.2, -0.15) is 0 Å². The summed E-state index contributed by atoms with van der Waals surface area (Å²) in [5.74, 6) is 0.205. The second-order valence-electron chi connectivity index (χ2n) is 7.63. The summed E-state index contributed by atoms with van der Waals surface area (Å²) < 4.78 is 0. The highest BCUT2D eigenvalue weighted by Gasteiger charge is 2.49. The van der Waals surface area contributed by atoms with Crippen molar-refractivity contribution in [3.63, 3.8) is 0 Å². The van der Waals surface area contributed by atoms with E-state index in [1.165, 1.54) is 5.56 Å².